The van der Waals surface area contributed by atoms with Crippen LogP contribution in [0.3, 0.4) is 0 Å². The number of ether oxygens (including phenoxy) is 1. The van der Waals surface area contributed by atoms with Crippen LogP contribution in [0.2, 0.25) is 0 Å². The van der Waals surface area contributed by atoms with Crippen LogP contribution >= 0.6 is 11.6 Å². The summed E-state index contributed by atoms with van der Waals surface area (Å²) in [5.74, 6) is 1.25. The first-order valence-electron chi connectivity index (χ1n) is 9.84. The van der Waals surface area contributed by atoms with Crippen LogP contribution in [-0.4, -0.2) is 51.9 Å². The molecule has 2 aromatic rings. The quantitative estimate of drug-likeness (QED) is 0.533. The Morgan fingerprint density at radius 3 is 2.66 bits per heavy atom. The highest BCUT2D eigenvalue weighted by molar-refractivity contribution is 6.30. The van der Waals surface area contributed by atoms with Crippen molar-refractivity contribution in [2.75, 3.05) is 26.2 Å². The molecule has 0 radical (unpaired) electrons. The maximum atomic E-state index is 12.8. The van der Waals surface area contributed by atoms with Crippen LogP contribution in [0.15, 0.2) is 60.2 Å². The lowest BCUT2D eigenvalue weighted by atomic mass is 10.1. The summed E-state index contributed by atoms with van der Waals surface area (Å²) in [6.07, 6.45) is 10.0. The number of aromatic nitrogens is 2. The van der Waals surface area contributed by atoms with Crippen molar-refractivity contribution in [2.45, 2.75) is 19.3 Å². The normalized spacial score (nSPS) is 17.1. The number of fused-ring (bicyclic) bond motifs is 1. The minimum absolute atomic E-state index is 0.118. The van der Waals surface area contributed by atoms with Gasteiger partial charge in [-0.15, -0.1) is 0 Å². The molecule has 2 aliphatic rings. The molecule has 29 heavy (non-hydrogen) atoms. The largest absolute Gasteiger partial charge is 0.461 e. The van der Waals surface area contributed by atoms with Crippen molar-refractivity contribution < 1.29 is 9.53 Å². The van der Waals surface area contributed by atoms with Gasteiger partial charge in [0.05, 0.1) is 5.56 Å². The fourth-order valence-corrected chi connectivity index (χ4v) is 3.77. The van der Waals surface area contributed by atoms with Crippen molar-refractivity contribution in [1.82, 2.24) is 19.8 Å². The molecule has 0 spiro atoms. The maximum absolute atomic E-state index is 12.8. The first-order valence-corrected chi connectivity index (χ1v) is 10.2. The zero-order chi connectivity index (χ0) is 20.1. The number of benzene rings is 1. The highest BCUT2D eigenvalue weighted by Crippen LogP contribution is 2.27. The van der Waals surface area contributed by atoms with Crippen molar-refractivity contribution >= 4 is 23.1 Å². The van der Waals surface area contributed by atoms with Gasteiger partial charge in [0.25, 0.3) is 5.91 Å². The van der Waals surface area contributed by atoms with E-state index in [0.717, 1.165) is 44.7 Å². The van der Waals surface area contributed by atoms with Gasteiger partial charge in [-0.3, -0.25) is 14.6 Å². The lowest BCUT2D eigenvalue weighted by Crippen LogP contribution is -2.32. The van der Waals surface area contributed by atoms with E-state index in [0.29, 0.717) is 23.0 Å². The minimum atomic E-state index is -0.118. The van der Waals surface area contributed by atoms with E-state index in [1.54, 1.807) is 29.4 Å². The second-order valence-corrected chi connectivity index (χ2v) is 7.46. The molecule has 7 heteroatoms. The summed E-state index contributed by atoms with van der Waals surface area (Å²) >= 11 is 6.29. The van der Waals surface area contributed by atoms with Crippen LogP contribution in [0.5, 0.6) is 5.75 Å². The third-order valence-electron chi connectivity index (χ3n) is 5.16. The van der Waals surface area contributed by atoms with Gasteiger partial charge in [0, 0.05) is 32.0 Å². The summed E-state index contributed by atoms with van der Waals surface area (Å²) in [6, 6.07) is 9.04. The molecule has 1 amide bonds. The third-order valence-corrected chi connectivity index (χ3v) is 5.45. The molecule has 1 aromatic heterocycles. The SMILES string of the molecule is O=C1c2ccccc2OC=C(Cl)N1CCCCN1CC=C(c2ncccn2)CC1. The van der Waals surface area contributed by atoms with Crippen LogP contribution in [-0.2, 0) is 0 Å². The zero-order valence-electron chi connectivity index (χ0n) is 16.1. The number of carbonyl (C=O) groups is 1. The monoisotopic (exact) mass is 410 g/mol. The summed E-state index contributed by atoms with van der Waals surface area (Å²) in [4.78, 5) is 25.5. The van der Waals surface area contributed by atoms with Gasteiger partial charge < -0.3 is 4.74 Å². The standard InChI is InChI=1S/C22H23ClN4O2/c23-20-16-29-19-7-2-1-6-18(19)22(28)27(20)13-4-3-12-26-14-8-17(9-15-26)21-24-10-5-11-25-21/h1-2,5-8,10-11,16H,3-4,9,12-15H2. The molecule has 0 atom stereocenters. The Kier molecular flexibility index (Phi) is 6.22. The number of para-hydroxylation sites is 1. The number of unbranched alkanes of at least 4 members (excludes halogenated alkanes) is 1. The summed E-state index contributed by atoms with van der Waals surface area (Å²) in [5.41, 5.74) is 1.75. The van der Waals surface area contributed by atoms with E-state index < -0.39 is 0 Å². The maximum Gasteiger partial charge on any atom is 0.262 e. The molecular weight excluding hydrogens is 388 g/mol. The molecule has 0 aliphatic carbocycles. The predicted molar refractivity (Wildman–Crippen MR) is 112 cm³/mol. The molecule has 0 unspecified atom stereocenters. The number of carbonyl (C=O) groups excluding carboxylic acids is 1. The topological polar surface area (TPSA) is 58.6 Å². The highest BCUT2D eigenvalue weighted by atomic mass is 35.5. The Labute approximate surface area is 175 Å². The van der Waals surface area contributed by atoms with E-state index >= 15 is 0 Å². The zero-order valence-corrected chi connectivity index (χ0v) is 16.9. The average molecular weight is 411 g/mol. The molecule has 0 fully saturated rings. The Bertz CT molecular complexity index is 929. The van der Waals surface area contributed by atoms with Gasteiger partial charge in [-0.05, 0) is 49.6 Å². The average Bonchev–Trinajstić information content (AvgIpc) is 2.89. The van der Waals surface area contributed by atoms with Gasteiger partial charge in [-0.2, -0.15) is 0 Å². The van der Waals surface area contributed by atoms with Crippen LogP contribution in [0.4, 0.5) is 0 Å². The molecule has 3 heterocycles. The number of amides is 1. The third kappa shape index (κ3) is 4.66. The first kappa shape index (κ1) is 19.6. The fourth-order valence-electron chi connectivity index (χ4n) is 3.56. The summed E-state index contributed by atoms with van der Waals surface area (Å²) < 4.78 is 5.53. The van der Waals surface area contributed by atoms with Crippen molar-refractivity contribution in [3.8, 4) is 5.75 Å². The Balaban J connectivity index is 1.27. The molecule has 0 N–H and O–H groups in total. The fraction of sp³-hybridized carbons (Fsp3) is 0.318. The van der Waals surface area contributed by atoms with E-state index in [-0.39, 0.29) is 5.91 Å². The number of hydrogen-bond acceptors (Lipinski definition) is 5. The van der Waals surface area contributed by atoms with Crippen LogP contribution in [0.25, 0.3) is 5.57 Å². The van der Waals surface area contributed by atoms with Gasteiger partial charge in [0.2, 0.25) is 0 Å². The van der Waals surface area contributed by atoms with Crippen molar-refractivity contribution in [3.63, 3.8) is 0 Å². The first-order chi connectivity index (χ1) is 14.2. The van der Waals surface area contributed by atoms with Gasteiger partial charge >= 0.3 is 0 Å². The van der Waals surface area contributed by atoms with Crippen LogP contribution in [0.1, 0.15) is 35.4 Å². The second kappa shape index (κ2) is 9.20. The predicted octanol–water partition coefficient (Wildman–Crippen LogP) is 3.92. The number of hydrogen-bond donors (Lipinski definition) is 0. The number of rotatable bonds is 6. The van der Waals surface area contributed by atoms with E-state index in [2.05, 4.69) is 20.9 Å². The Morgan fingerprint density at radius 2 is 1.86 bits per heavy atom. The Morgan fingerprint density at radius 1 is 1.07 bits per heavy atom. The molecule has 4 rings (SSSR count). The molecule has 2 aliphatic heterocycles. The van der Waals surface area contributed by atoms with Crippen molar-refractivity contribution in [2.24, 2.45) is 0 Å². The van der Waals surface area contributed by atoms with Crippen molar-refractivity contribution in [1.29, 1.82) is 0 Å². The summed E-state index contributed by atoms with van der Waals surface area (Å²) in [7, 11) is 0. The molecular formula is C22H23ClN4O2. The molecule has 1 aromatic carbocycles. The molecule has 6 nitrogen and oxygen atoms in total. The van der Waals surface area contributed by atoms with E-state index in [1.807, 2.05) is 18.2 Å². The Hall–Kier alpha value is -2.70. The lowest BCUT2D eigenvalue weighted by Gasteiger charge is -2.26. The summed E-state index contributed by atoms with van der Waals surface area (Å²) in [6.45, 7) is 3.45. The molecule has 0 saturated carbocycles. The van der Waals surface area contributed by atoms with Gasteiger partial charge in [0.15, 0.2) is 5.82 Å². The van der Waals surface area contributed by atoms with Gasteiger partial charge in [0.1, 0.15) is 17.2 Å². The molecule has 0 saturated heterocycles. The van der Waals surface area contributed by atoms with E-state index in [9.17, 15) is 4.79 Å². The smallest absolute Gasteiger partial charge is 0.262 e. The van der Waals surface area contributed by atoms with Crippen molar-refractivity contribution in [3.05, 3.63) is 71.6 Å². The minimum Gasteiger partial charge on any atom is -0.461 e. The molecule has 0 bridgehead atoms. The van der Waals surface area contributed by atoms with E-state index in [1.165, 1.54) is 11.8 Å². The van der Waals surface area contributed by atoms with E-state index in [4.69, 9.17) is 16.3 Å². The number of halogens is 1. The van der Waals surface area contributed by atoms with Crippen LogP contribution < -0.4 is 4.74 Å². The number of nitrogens with zero attached hydrogens (tertiary/aromatic N) is 4. The lowest BCUT2D eigenvalue weighted by molar-refractivity contribution is 0.0814. The molecule has 150 valence electrons. The van der Waals surface area contributed by atoms with Gasteiger partial charge in [-0.25, -0.2) is 9.97 Å². The summed E-state index contributed by atoms with van der Waals surface area (Å²) in [5, 5.41) is 0.319. The van der Waals surface area contributed by atoms with Crippen LogP contribution in [0, 0.1) is 0 Å². The van der Waals surface area contributed by atoms with Gasteiger partial charge in [-0.1, -0.05) is 29.8 Å². The highest BCUT2D eigenvalue weighted by Gasteiger charge is 2.25. The second-order valence-electron chi connectivity index (χ2n) is 7.07.